The van der Waals surface area contributed by atoms with Crippen molar-refractivity contribution in [2.75, 3.05) is 26.2 Å². The Bertz CT molecular complexity index is 115. The molecule has 21 heavy (non-hydrogen) atoms. The molecule has 0 spiro atoms. The van der Waals surface area contributed by atoms with Crippen molar-refractivity contribution in [3.63, 3.8) is 0 Å². The van der Waals surface area contributed by atoms with Crippen molar-refractivity contribution >= 4 is 33.9 Å². The maximum Gasteiger partial charge on any atom is 5.00 e. The fourth-order valence-corrected chi connectivity index (χ4v) is 1.34. The van der Waals surface area contributed by atoms with Crippen molar-refractivity contribution in [2.45, 2.75) is 27.7 Å². The van der Waals surface area contributed by atoms with E-state index in [0.717, 1.165) is 0 Å². The normalized spacial score (nSPS) is 6.10. The van der Waals surface area contributed by atoms with E-state index in [0.29, 0.717) is 0 Å². The molecule has 0 saturated carbocycles. The van der Waals surface area contributed by atoms with Gasteiger partial charge in [-0.1, -0.05) is 0 Å². The van der Waals surface area contributed by atoms with Crippen LogP contribution in [0.2, 0.25) is 0 Å². The summed E-state index contributed by atoms with van der Waals surface area (Å²) in [5.41, 5.74) is 0. The Labute approximate surface area is 146 Å². The van der Waals surface area contributed by atoms with Crippen LogP contribution in [-0.2, 0) is 41.3 Å². The second-order valence-corrected chi connectivity index (χ2v) is 2.61. The van der Waals surface area contributed by atoms with Crippen molar-refractivity contribution < 1.29 is 58.2 Å². The summed E-state index contributed by atoms with van der Waals surface area (Å²) in [5.74, 6) is 0. The molecule has 0 bridgehead atoms. The zero-order valence-electron chi connectivity index (χ0n) is 13.0. The Balaban J connectivity index is -0.0000000201. The largest absolute Gasteiger partial charge is 5.00 e. The van der Waals surface area contributed by atoms with Crippen molar-refractivity contribution in [1.82, 2.24) is 0 Å². The van der Waals surface area contributed by atoms with Gasteiger partial charge in [-0.25, -0.2) is 0 Å². The van der Waals surface area contributed by atoms with Gasteiger partial charge in [0.05, 0.1) is 26.2 Å². The van der Waals surface area contributed by atoms with Gasteiger partial charge in [-0.15, -0.1) is 0 Å². The van der Waals surface area contributed by atoms with E-state index in [1.165, 1.54) is 30.7 Å². The molecule has 0 N–H and O–H groups in total. The van der Waals surface area contributed by atoms with Gasteiger partial charge < -0.3 is 40.9 Å². The Kier molecular flexibility index (Phi) is 180. The van der Waals surface area contributed by atoms with Gasteiger partial charge in [-0.05, 0) is 27.7 Å². The number of rotatable bonds is 4. The van der Waals surface area contributed by atoms with Gasteiger partial charge in [0.1, 0.15) is 0 Å². The molecule has 0 atom stereocenters. The third-order valence-corrected chi connectivity index (χ3v) is 2.68. The molecule has 0 rings (SSSR count). The van der Waals surface area contributed by atoms with E-state index in [9.17, 15) is 0 Å². The Hall–Kier alpha value is -0.868. The maximum absolute atomic E-state index is 7.75. The van der Waals surface area contributed by atoms with Crippen LogP contribution in [0.1, 0.15) is 27.7 Å². The Morgan fingerprint density at radius 2 is 0.619 bits per heavy atom. The summed E-state index contributed by atoms with van der Waals surface area (Å²) < 4.78 is 1.28. The SMILES string of the molecule is CC[N+](CC)(CC)CC.[CH-]=O.[CH-]=O.[CH-]=O.[CH-]=O.[CH-]=O.[Cl-].[Cr+5]. The van der Waals surface area contributed by atoms with Gasteiger partial charge in [-0.2, -0.15) is 0 Å². The van der Waals surface area contributed by atoms with E-state index >= 15 is 0 Å². The van der Waals surface area contributed by atoms with E-state index in [4.69, 9.17) is 24.0 Å². The molecule has 0 fully saturated rings. The van der Waals surface area contributed by atoms with E-state index in [2.05, 4.69) is 61.6 Å². The molecule has 8 heteroatoms. The third kappa shape index (κ3) is 45.3. The molecule has 0 heterocycles. The van der Waals surface area contributed by atoms with Crippen molar-refractivity contribution in [1.29, 1.82) is 0 Å². The summed E-state index contributed by atoms with van der Waals surface area (Å²) >= 11 is 0. The molecular weight excluding hydrogens is 338 g/mol. The standard InChI is InChI=1S/C8H20N.5CHO.ClH.Cr/c1-5-9(6-2,7-3)8-4;5*1-2;;/h5-8H2,1-4H3;5*1H;1H;/q+1;5*-1;;+5/p-1. The number of halogens is 1. The average Bonchev–Trinajstić information content (AvgIpc) is 2.59. The summed E-state index contributed by atoms with van der Waals surface area (Å²) in [6, 6.07) is 0. The van der Waals surface area contributed by atoms with Gasteiger partial charge in [-0.3, -0.25) is 33.9 Å². The van der Waals surface area contributed by atoms with Gasteiger partial charge in [0.25, 0.3) is 0 Å². The van der Waals surface area contributed by atoms with Crippen LogP contribution in [0.15, 0.2) is 0 Å². The van der Waals surface area contributed by atoms with Gasteiger partial charge in [0.15, 0.2) is 0 Å². The fraction of sp³-hybridized carbons (Fsp3) is 0.615. The molecular formula is C13H25ClCrNO5. The predicted octanol–water partition coefficient (Wildman–Crippen LogP) is -2.49. The second kappa shape index (κ2) is 75.4. The second-order valence-electron chi connectivity index (χ2n) is 2.61. The van der Waals surface area contributed by atoms with Crippen LogP contribution >= 0.6 is 0 Å². The number of carbonyl (C=O) groups excluding carboxylic acids is 5. The Morgan fingerprint density at radius 3 is 0.619 bits per heavy atom. The molecule has 125 valence electrons. The number of nitrogens with zero attached hydrogens (tertiary/aromatic N) is 1. The van der Waals surface area contributed by atoms with Crippen molar-refractivity contribution in [2.24, 2.45) is 0 Å². The first-order valence-corrected chi connectivity index (χ1v) is 5.27. The van der Waals surface area contributed by atoms with Crippen molar-refractivity contribution in [3.05, 3.63) is 0 Å². The minimum absolute atomic E-state index is 0. The topological polar surface area (TPSA) is 85.3 Å². The van der Waals surface area contributed by atoms with Gasteiger partial charge in [0, 0.05) is 0 Å². The first-order chi connectivity index (χ1) is 9.24. The minimum Gasteiger partial charge on any atom is -1.00 e. The molecule has 0 aromatic carbocycles. The minimum atomic E-state index is 0. The molecule has 0 aliphatic carbocycles. The zero-order valence-corrected chi connectivity index (χ0v) is 15.0. The van der Waals surface area contributed by atoms with Gasteiger partial charge in [0.2, 0.25) is 0 Å². The third-order valence-electron chi connectivity index (χ3n) is 2.68. The molecule has 6 nitrogen and oxygen atoms in total. The molecule has 0 aliphatic rings. The summed E-state index contributed by atoms with van der Waals surface area (Å²) in [5, 5.41) is 0. The number of hydrogen-bond donors (Lipinski definition) is 0. The molecule has 0 unspecified atom stereocenters. The number of hydrogen-bond acceptors (Lipinski definition) is 5. The fourth-order valence-electron chi connectivity index (χ4n) is 1.34. The van der Waals surface area contributed by atoms with Gasteiger partial charge >= 0.3 is 17.4 Å². The monoisotopic (exact) mass is 362 g/mol. The summed E-state index contributed by atoms with van der Waals surface area (Å²) in [4.78, 5) is 38.8. The summed E-state index contributed by atoms with van der Waals surface area (Å²) in [6.45, 7) is 30.5. The first kappa shape index (κ1) is 50.1. The average molecular weight is 363 g/mol. The van der Waals surface area contributed by atoms with Crippen LogP contribution in [0.25, 0.3) is 0 Å². The van der Waals surface area contributed by atoms with Crippen LogP contribution < -0.4 is 12.4 Å². The first-order valence-electron chi connectivity index (χ1n) is 5.27. The molecule has 0 aliphatic heterocycles. The molecule has 1 radical (unpaired) electrons. The van der Waals surface area contributed by atoms with Crippen LogP contribution in [0.3, 0.4) is 0 Å². The van der Waals surface area contributed by atoms with Crippen LogP contribution in [0.4, 0.5) is 0 Å². The predicted molar refractivity (Wildman–Crippen MR) is 76.2 cm³/mol. The van der Waals surface area contributed by atoms with E-state index in [1.807, 2.05) is 0 Å². The quantitative estimate of drug-likeness (QED) is 0.314. The van der Waals surface area contributed by atoms with Crippen LogP contribution in [0, 0.1) is 0 Å². The van der Waals surface area contributed by atoms with Crippen LogP contribution in [-0.4, -0.2) is 64.6 Å². The number of quaternary nitrogens is 1. The van der Waals surface area contributed by atoms with Crippen molar-refractivity contribution in [3.8, 4) is 0 Å². The zero-order chi connectivity index (χ0) is 17.3. The van der Waals surface area contributed by atoms with Crippen LogP contribution in [0.5, 0.6) is 0 Å². The van der Waals surface area contributed by atoms with E-state index < -0.39 is 0 Å². The Morgan fingerprint density at radius 1 is 0.524 bits per heavy atom. The smallest absolute Gasteiger partial charge is 1.00 e. The maximum atomic E-state index is 7.75. The van der Waals surface area contributed by atoms with E-state index in [-0.39, 0.29) is 29.8 Å². The van der Waals surface area contributed by atoms with E-state index in [1.54, 1.807) is 0 Å². The molecule has 0 aromatic rings. The summed E-state index contributed by atoms with van der Waals surface area (Å²) in [6.07, 6.45) is 0. The molecule has 0 amide bonds. The molecule has 0 aromatic heterocycles. The molecule has 0 saturated heterocycles. The summed E-state index contributed by atoms with van der Waals surface area (Å²) in [7, 11) is 0.